The monoisotopic (exact) mass is 151 g/mol. The molecule has 0 fully saturated rings. The van der Waals surface area contributed by atoms with Crippen molar-refractivity contribution in [1.82, 2.24) is 0 Å². The van der Waals surface area contributed by atoms with Crippen LogP contribution in [-0.4, -0.2) is 29.3 Å². The summed E-state index contributed by atoms with van der Waals surface area (Å²) >= 11 is 0. The molecule has 0 bridgehead atoms. The third-order valence-electron chi connectivity index (χ3n) is 1.86. The Hall–Kier alpha value is 0.310. The van der Waals surface area contributed by atoms with Crippen molar-refractivity contribution in [3.05, 3.63) is 0 Å². The molecular formula is C5H16N2OP+. The molecule has 0 heterocycles. The third-order valence-corrected chi connectivity index (χ3v) is 3.41. The van der Waals surface area contributed by atoms with Crippen LogP contribution in [-0.2, 0) is 0 Å². The van der Waals surface area contributed by atoms with Crippen LogP contribution in [0, 0.1) is 0 Å². The topological polar surface area (TPSA) is 46.2 Å². The van der Waals surface area contributed by atoms with Crippen LogP contribution in [0.1, 0.15) is 13.8 Å². The molecular weight excluding hydrogens is 135 g/mol. The fourth-order valence-electron chi connectivity index (χ4n) is 0.513. The number of rotatable bonds is 3. The Labute approximate surface area is 58.0 Å². The van der Waals surface area contributed by atoms with Gasteiger partial charge in [0.2, 0.25) is 0 Å². The van der Waals surface area contributed by atoms with Crippen LogP contribution in [0.2, 0.25) is 0 Å². The highest BCUT2D eigenvalue weighted by Gasteiger charge is 2.25. The van der Waals surface area contributed by atoms with Gasteiger partial charge < -0.3 is 4.89 Å². The molecule has 1 unspecified atom stereocenters. The van der Waals surface area contributed by atoms with Crippen LogP contribution in [0.5, 0.6) is 0 Å². The van der Waals surface area contributed by atoms with Gasteiger partial charge in [0, 0.05) is 0 Å². The Morgan fingerprint density at radius 2 is 1.78 bits per heavy atom. The predicted octanol–water partition coefficient (Wildman–Crippen LogP) is 0.651. The fraction of sp³-hybridized carbons (Fsp3) is 1.00. The lowest BCUT2D eigenvalue weighted by Crippen LogP contribution is -2.39. The maximum absolute atomic E-state index is 9.09. The molecule has 0 aliphatic heterocycles. The Morgan fingerprint density at radius 3 is 1.78 bits per heavy atom. The summed E-state index contributed by atoms with van der Waals surface area (Å²) in [5, 5.41) is 0. The molecule has 3 nitrogen and oxygen atoms in total. The molecule has 1 atom stereocenters. The lowest BCUT2D eigenvalue weighted by atomic mass is 10.6. The molecule has 56 valence electrons. The number of hydrogen-bond acceptors (Lipinski definition) is 2. The lowest BCUT2D eigenvalue weighted by Gasteiger charge is -2.31. The summed E-state index contributed by atoms with van der Waals surface area (Å²) in [4.78, 5) is 9.09. The molecule has 0 aromatic rings. The van der Waals surface area contributed by atoms with Gasteiger partial charge in [-0.1, -0.05) is 0 Å². The first kappa shape index (κ1) is 9.31. The largest absolute Gasteiger partial charge is 0.334 e. The number of hydrogen-bond donors (Lipinski definition) is 2. The van der Waals surface area contributed by atoms with E-state index in [1.807, 2.05) is 20.9 Å². The SMILES string of the molecule is CC[N+](C)(CC)P(N)O. The molecule has 0 rings (SSSR count). The fourth-order valence-corrected chi connectivity index (χ4v) is 1.09. The normalized spacial score (nSPS) is 15.7. The molecule has 0 radical (unpaired) electrons. The van der Waals surface area contributed by atoms with Crippen LogP contribution in [0.3, 0.4) is 0 Å². The standard InChI is InChI=1S/C5H16N2OP/c1-4-7(3,5-2)9(6)8/h8H,4-6H2,1-3H3/q+1. The van der Waals surface area contributed by atoms with E-state index in [-0.39, 0.29) is 0 Å². The van der Waals surface area contributed by atoms with Gasteiger partial charge in [-0.25, -0.2) is 5.50 Å². The Kier molecular flexibility index (Phi) is 3.59. The Balaban J connectivity index is 3.92. The second-order valence-corrected chi connectivity index (χ2v) is 3.90. The Morgan fingerprint density at radius 1 is 1.44 bits per heavy atom. The van der Waals surface area contributed by atoms with Crippen molar-refractivity contribution in [2.24, 2.45) is 5.50 Å². The zero-order valence-corrected chi connectivity index (χ0v) is 7.23. The van der Waals surface area contributed by atoms with Gasteiger partial charge in [0.1, 0.15) is 0 Å². The smallest absolute Gasteiger partial charge is 0.314 e. The number of nitrogens with two attached hydrogens (primary N) is 1. The summed E-state index contributed by atoms with van der Waals surface area (Å²) < 4.78 is 0.593. The van der Waals surface area contributed by atoms with Crippen molar-refractivity contribution in [2.45, 2.75) is 13.8 Å². The van der Waals surface area contributed by atoms with Crippen LogP contribution >= 0.6 is 8.45 Å². The van der Waals surface area contributed by atoms with E-state index in [0.717, 1.165) is 13.1 Å². The molecule has 0 saturated carbocycles. The van der Waals surface area contributed by atoms with Crippen molar-refractivity contribution in [1.29, 1.82) is 0 Å². The van der Waals surface area contributed by atoms with Gasteiger partial charge in [-0.3, -0.25) is 4.25 Å². The molecule has 0 aromatic heterocycles. The van der Waals surface area contributed by atoms with E-state index in [2.05, 4.69) is 0 Å². The average molecular weight is 151 g/mol. The van der Waals surface area contributed by atoms with Crippen LogP contribution in [0.15, 0.2) is 0 Å². The maximum atomic E-state index is 9.09. The summed E-state index contributed by atoms with van der Waals surface area (Å²) in [6.07, 6.45) is 0. The second kappa shape index (κ2) is 3.47. The van der Waals surface area contributed by atoms with Gasteiger partial charge >= 0.3 is 8.45 Å². The highest BCUT2D eigenvalue weighted by molar-refractivity contribution is 7.42. The zero-order valence-electron chi connectivity index (χ0n) is 6.33. The highest BCUT2D eigenvalue weighted by Crippen LogP contribution is 2.32. The summed E-state index contributed by atoms with van der Waals surface area (Å²) in [6.45, 7) is 5.86. The van der Waals surface area contributed by atoms with Crippen molar-refractivity contribution < 1.29 is 9.15 Å². The summed E-state index contributed by atoms with van der Waals surface area (Å²) in [7, 11) is 0.655. The predicted molar refractivity (Wildman–Crippen MR) is 40.6 cm³/mol. The first-order valence-electron chi connectivity index (χ1n) is 3.15. The van der Waals surface area contributed by atoms with Gasteiger partial charge in [0.05, 0.1) is 20.1 Å². The van der Waals surface area contributed by atoms with E-state index in [1.165, 1.54) is 0 Å². The first-order chi connectivity index (χ1) is 4.06. The van der Waals surface area contributed by atoms with Gasteiger partial charge in [0.25, 0.3) is 0 Å². The van der Waals surface area contributed by atoms with Gasteiger partial charge in [-0.2, -0.15) is 0 Å². The van der Waals surface area contributed by atoms with Crippen LogP contribution < -0.4 is 5.50 Å². The molecule has 0 aliphatic rings. The zero-order chi connectivity index (χ0) is 7.49. The Bertz CT molecular complexity index is 83.0. The molecule has 4 heteroatoms. The summed E-state index contributed by atoms with van der Waals surface area (Å²) in [5.41, 5.74) is 5.38. The minimum atomic E-state index is -1.31. The van der Waals surface area contributed by atoms with E-state index in [0.29, 0.717) is 4.25 Å². The minimum Gasteiger partial charge on any atom is -0.314 e. The van der Waals surface area contributed by atoms with Gasteiger partial charge in [-0.05, 0) is 13.8 Å². The molecule has 0 amide bonds. The molecule has 0 saturated heterocycles. The molecule has 0 aliphatic carbocycles. The van der Waals surface area contributed by atoms with Gasteiger partial charge in [-0.15, -0.1) is 0 Å². The van der Waals surface area contributed by atoms with E-state index >= 15 is 0 Å². The maximum Gasteiger partial charge on any atom is 0.334 e. The van der Waals surface area contributed by atoms with Crippen molar-refractivity contribution in [3.63, 3.8) is 0 Å². The van der Waals surface area contributed by atoms with E-state index in [1.54, 1.807) is 0 Å². The second-order valence-electron chi connectivity index (χ2n) is 2.29. The molecule has 0 spiro atoms. The van der Waals surface area contributed by atoms with E-state index < -0.39 is 8.45 Å². The molecule has 3 N–H and O–H groups in total. The van der Waals surface area contributed by atoms with E-state index in [4.69, 9.17) is 10.4 Å². The highest BCUT2D eigenvalue weighted by atomic mass is 31.2. The molecule has 0 aromatic carbocycles. The van der Waals surface area contributed by atoms with E-state index in [9.17, 15) is 0 Å². The van der Waals surface area contributed by atoms with Crippen molar-refractivity contribution in [2.75, 3.05) is 20.1 Å². The first-order valence-corrected chi connectivity index (χ1v) is 4.47. The lowest BCUT2D eigenvalue weighted by molar-refractivity contribution is -0.787. The van der Waals surface area contributed by atoms with Crippen molar-refractivity contribution in [3.8, 4) is 0 Å². The third kappa shape index (κ3) is 2.18. The summed E-state index contributed by atoms with van der Waals surface area (Å²) in [6, 6.07) is 0. The quantitative estimate of drug-likeness (QED) is 0.582. The van der Waals surface area contributed by atoms with Crippen LogP contribution in [0.25, 0.3) is 0 Å². The van der Waals surface area contributed by atoms with Crippen LogP contribution in [0.4, 0.5) is 0 Å². The minimum absolute atomic E-state index is 0.593. The molecule has 9 heavy (non-hydrogen) atoms. The van der Waals surface area contributed by atoms with Gasteiger partial charge in [0.15, 0.2) is 0 Å². The average Bonchev–Trinajstić information content (AvgIpc) is 1.86. The number of quaternary nitrogens is 1. The van der Waals surface area contributed by atoms with Crippen molar-refractivity contribution >= 4 is 8.45 Å². The number of nitrogens with zero attached hydrogens (tertiary/aromatic N) is 1. The summed E-state index contributed by atoms with van der Waals surface area (Å²) in [5.74, 6) is 0.